The van der Waals surface area contributed by atoms with Gasteiger partial charge in [0.1, 0.15) is 5.75 Å². The maximum Gasteiger partial charge on any atom is 0.119 e. The van der Waals surface area contributed by atoms with Crippen LogP contribution in [-0.4, -0.2) is 12.6 Å². The van der Waals surface area contributed by atoms with Crippen LogP contribution in [0.4, 0.5) is 0 Å². The molecule has 2 nitrogen and oxygen atoms in total. The molecule has 1 aromatic carbocycles. The first-order valence-corrected chi connectivity index (χ1v) is 5.80. The van der Waals surface area contributed by atoms with Gasteiger partial charge in [-0.05, 0) is 50.3 Å². The minimum atomic E-state index is 0.398. The second-order valence-corrected chi connectivity index (χ2v) is 4.31. The van der Waals surface area contributed by atoms with Gasteiger partial charge in [0.15, 0.2) is 0 Å². The van der Waals surface area contributed by atoms with Crippen LogP contribution in [0, 0.1) is 5.92 Å². The molecule has 0 heterocycles. The summed E-state index contributed by atoms with van der Waals surface area (Å²) in [7, 11) is 0. The molecule has 82 valence electrons. The van der Waals surface area contributed by atoms with E-state index in [4.69, 9.17) is 10.5 Å². The lowest BCUT2D eigenvalue weighted by Gasteiger charge is -2.28. The Kier molecular flexibility index (Phi) is 3.62. The van der Waals surface area contributed by atoms with E-state index in [-0.39, 0.29) is 0 Å². The van der Waals surface area contributed by atoms with Crippen LogP contribution in [0.1, 0.15) is 25.7 Å². The third-order valence-electron chi connectivity index (χ3n) is 3.17. The molecule has 0 unspecified atom stereocenters. The van der Waals surface area contributed by atoms with E-state index in [9.17, 15) is 0 Å². The zero-order valence-electron chi connectivity index (χ0n) is 9.06. The van der Waals surface area contributed by atoms with Crippen molar-refractivity contribution in [2.75, 3.05) is 6.54 Å². The molecule has 1 fully saturated rings. The van der Waals surface area contributed by atoms with Crippen LogP contribution in [0.2, 0.25) is 0 Å². The van der Waals surface area contributed by atoms with Crippen LogP contribution in [0.15, 0.2) is 30.3 Å². The lowest BCUT2D eigenvalue weighted by atomic mass is 9.87. The summed E-state index contributed by atoms with van der Waals surface area (Å²) in [4.78, 5) is 0. The molecular formula is C13H19NO. The van der Waals surface area contributed by atoms with E-state index >= 15 is 0 Å². The monoisotopic (exact) mass is 205 g/mol. The molecular weight excluding hydrogens is 186 g/mol. The van der Waals surface area contributed by atoms with Gasteiger partial charge < -0.3 is 10.5 Å². The van der Waals surface area contributed by atoms with Crippen molar-refractivity contribution >= 4 is 0 Å². The van der Waals surface area contributed by atoms with Crippen molar-refractivity contribution in [1.29, 1.82) is 0 Å². The number of ether oxygens (including phenoxy) is 1. The van der Waals surface area contributed by atoms with Gasteiger partial charge in [-0.15, -0.1) is 0 Å². The quantitative estimate of drug-likeness (QED) is 0.823. The summed E-state index contributed by atoms with van der Waals surface area (Å²) in [5.74, 6) is 1.72. The van der Waals surface area contributed by atoms with Gasteiger partial charge in [-0.25, -0.2) is 0 Å². The number of para-hydroxylation sites is 1. The first-order chi connectivity index (χ1) is 7.38. The minimum absolute atomic E-state index is 0.398. The maximum atomic E-state index is 5.91. The van der Waals surface area contributed by atoms with Crippen molar-refractivity contribution in [3.8, 4) is 5.75 Å². The molecule has 15 heavy (non-hydrogen) atoms. The van der Waals surface area contributed by atoms with Gasteiger partial charge in [-0.1, -0.05) is 18.2 Å². The van der Waals surface area contributed by atoms with E-state index in [0.29, 0.717) is 6.10 Å². The van der Waals surface area contributed by atoms with E-state index in [1.807, 2.05) is 30.3 Å². The Morgan fingerprint density at radius 2 is 1.73 bits per heavy atom. The van der Waals surface area contributed by atoms with Crippen molar-refractivity contribution in [2.45, 2.75) is 31.8 Å². The normalized spacial score (nSPS) is 26.2. The molecule has 2 N–H and O–H groups in total. The van der Waals surface area contributed by atoms with Crippen LogP contribution < -0.4 is 10.5 Å². The van der Waals surface area contributed by atoms with Crippen LogP contribution in [-0.2, 0) is 0 Å². The summed E-state index contributed by atoms with van der Waals surface area (Å²) in [6.45, 7) is 0.831. The van der Waals surface area contributed by atoms with Crippen molar-refractivity contribution < 1.29 is 4.74 Å². The molecule has 0 bridgehead atoms. The van der Waals surface area contributed by atoms with E-state index in [0.717, 1.165) is 31.1 Å². The average Bonchev–Trinajstić information content (AvgIpc) is 2.31. The van der Waals surface area contributed by atoms with E-state index < -0.39 is 0 Å². The SMILES string of the molecule is NCC1CCC(Oc2ccccc2)CC1. The van der Waals surface area contributed by atoms with Crippen LogP contribution in [0.5, 0.6) is 5.75 Å². The zero-order chi connectivity index (χ0) is 10.5. The Labute approximate surface area is 91.4 Å². The highest BCUT2D eigenvalue weighted by Crippen LogP contribution is 2.26. The summed E-state index contributed by atoms with van der Waals surface area (Å²) < 4.78 is 5.91. The number of nitrogens with two attached hydrogens (primary N) is 1. The Bertz CT molecular complexity index is 278. The Hall–Kier alpha value is -1.02. The van der Waals surface area contributed by atoms with E-state index in [1.54, 1.807) is 0 Å². The lowest BCUT2D eigenvalue weighted by Crippen LogP contribution is -2.27. The first kappa shape index (κ1) is 10.5. The molecule has 0 spiro atoms. The number of hydrogen-bond acceptors (Lipinski definition) is 2. The molecule has 0 aliphatic heterocycles. The predicted molar refractivity (Wildman–Crippen MR) is 61.9 cm³/mol. The number of rotatable bonds is 3. The molecule has 0 atom stereocenters. The highest BCUT2D eigenvalue weighted by Gasteiger charge is 2.21. The highest BCUT2D eigenvalue weighted by molar-refractivity contribution is 5.21. The highest BCUT2D eigenvalue weighted by atomic mass is 16.5. The zero-order valence-corrected chi connectivity index (χ0v) is 9.06. The molecule has 2 rings (SSSR count). The van der Waals surface area contributed by atoms with Gasteiger partial charge in [0, 0.05) is 0 Å². The first-order valence-electron chi connectivity index (χ1n) is 5.80. The second-order valence-electron chi connectivity index (χ2n) is 4.31. The van der Waals surface area contributed by atoms with Crippen LogP contribution in [0.25, 0.3) is 0 Å². The fourth-order valence-corrected chi connectivity index (χ4v) is 2.18. The van der Waals surface area contributed by atoms with Gasteiger partial charge in [-0.3, -0.25) is 0 Å². The predicted octanol–water partition coefficient (Wildman–Crippen LogP) is 2.58. The summed E-state index contributed by atoms with van der Waals surface area (Å²) in [6.07, 6.45) is 5.13. The van der Waals surface area contributed by atoms with E-state index in [1.165, 1.54) is 12.8 Å². The van der Waals surface area contributed by atoms with Gasteiger partial charge in [0.05, 0.1) is 6.10 Å². The van der Waals surface area contributed by atoms with Crippen molar-refractivity contribution in [3.05, 3.63) is 30.3 Å². The Morgan fingerprint density at radius 3 is 2.33 bits per heavy atom. The summed E-state index contributed by atoms with van der Waals surface area (Å²) in [5, 5.41) is 0. The van der Waals surface area contributed by atoms with Gasteiger partial charge in [-0.2, -0.15) is 0 Å². The summed E-state index contributed by atoms with van der Waals surface area (Å²) in [6, 6.07) is 10.1. The molecule has 0 aromatic heterocycles. The fourth-order valence-electron chi connectivity index (χ4n) is 2.18. The molecule has 1 aliphatic rings. The molecule has 0 saturated heterocycles. The van der Waals surface area contributed by atoms with Crippen molar-refractivity contribution in [2.24, 2.45) is 11.7 Å². The van der Waals surface area contributed by atoms with Crippen LogP contribution >= 0.6 is 0 Å². The van der Waals surface area contributed by atoms with Crippen molar-refractivity contribution in [1.82, 2.24) is 0 Å². The number of hydrogen-bond donors (Lipinski definition) is 1. The van der Waals surface area contributed by atoms with E-state index in [2.05, 4.69) is 0 Å². The molecule has 1 aromatic rings. The summed E-state index contributed by atoms with van der Waals surface area (Å²) >= 11 is 0. The summed E-state index contributed by atoms with van der Waals surface area (Å²) in [5.41, 5.74) is 5.66. The smallest absolute Gasteiger partial charge is 0.119 e. The molecule has 1 saturated carbocycles. The fraction of sp³-hybridized carbons (Fsp3) is 0.538. The third kappa shape index (κ3) is 2.96. The maximum absolute atomic E-state index is 5.91. The molecule has 0 radical (unpaired) electrons. The van der Waals surface area contributed by atoms with Crippen LogP contribution in [0.3, 0.4) is 0 Å². The molecule has 0 amide bonds. The van der Waals surface area contributed by atoms with Crippen molar-refractivity contribution in [3.63, 3.8) is 0 Å². The standard InChI is InChI=1S/C13H19NO/c14-10-11-6-8-13(9-7-11)15-12-4-2-1-3-5-12/h1-5,11,13H,6-10,14H2. The minimum Gasteiger partial charge on any atom is -0.490 e. The topological polar surface area (TPSA) is 35.2 Å². The van der Waals surface area contributed by atoms with Gasteiger partial charge in [0.25, 0.3) is 0 Å². The largest absolute Gasteiger partial charge is 0.490 e. The number of benzene rings is 1. The molecule has 1 aliphatic carbocycles. The average molecular weight is 205 g/mol. The van der Waals surface area contributed by atoms with Gasteiger partial charge >= 0.3 is 0 Å². The Morgan fingerprint density at radius 1 is 1.07 bits per heavy atom. The second kappa shape index (κ2) is 5.17. The molecule has 2 heteroatoms. The Balaban J connectivity index is 1.82. The lowest BCUT2D eigenvalue weighted by molar-refractivity contribution is 0.133. The van der Waals surface area contributed by atoms with Gasteiger partial charge in [0.2, 0.25) is 0 Å². The third-order valence-corrected chi connectivity index (χ3v) is 3.17.